The van der Waals surface area contributed by atoms with Gasteiger partial charge in [-0.25, -0.2) is 0 Å². The van der Waals surface area contributed by atoms with Crippen LogP contribution < -0.4 is 10.8 Å². The maximum atomic E-state index is 7.94. The van der Waals surface area contributed by atoms with Crippen LogP contribution >= 0.6 is 0 Å². The fourth-order valence-corrected chi connectivity index (χ4v) is 6.02. The van der Waals surface area contributed by atoms with Gasteiger partial charge >= 0.3 is 0 Å². The zero-order valence-electron chi connectivity index (χ0n) is 26.6. The van der Waals surface area contributed by atoms with Gasteiger partial charge in [0.05, 0.1) is 0 Å². The molecule has 1 aliphatic rings. The molecule has 1 aliphatic heterocycles. The van der Waals surface area contributed by atoms with Crippen molar-refractivity contribution in [3.05, 3.63) is 132 Å². The zero-order chi connectivity index (χ0) is 31.1. The third kappa shape index (κ3) is 9.96. The second-order valence-corrected chi connectivity index (χ2v) is 11.8. The van der Waals surface area contributed by atoms with Gasteiger partial charge in [-0.3, -0.25) is 10.2 Å². The monoisotopic (exact) mass is 590 g/mol. The fourth-order valence-electron chi connectivity index (χ4n) is 6.02. The molecule has 1 saturated heterocycles. The maximum Gasteiger partial charge on any atom is 0.134 e. The van der Waals surface area contributed by atoms with Gasteiger partial charge in [-0.15, -0.1) is 13.2 Å². The van der Waals surface area contributed by atoms with Crippen LogP contribution in [0.1, 0.15) is 67.8 Å². The molecule has 0 aliphatic carbocycles. The molecular formula is C39H50N4O. The summed E-state index contributed by atoms with van der Waals surface area (Å²) in [5.41, 5.74) is 8.91. The summed E-state index contributed by atoms with van der Waals surface area (Å²) in [7, 11) is 0. The molecule has 0 amide bonds. The van der Waals surface area contributed by atoms with Crippen molar-refractivity contribution in [3.8, 4) is 0 Å². The van der Waals surface area contributed by atoms with Crippen molar-refractivity contribution in [2.45, 2.75) is 70.7 Å². The van der Waals surface area contributed by atoms with E-state index in [0.29, 0.717) is 5.71 Å². The van der Waals surface area contributed by atoms with E-state index in [0.717, 1.165) is 50.9 Å². The first kappa shape index (κ1) is 33.3. The Bertz CT molecular complexity index is 1420. The van der Waals surface area contributed by atoms with Crippen molar-refractivity contribution >= 4 is 16.5 Å². The third-order valence-corrected chi connectivity index (χ3v) is 8.33. The molecular weight excluding hydrogens is 540 g/mol. The lowest BCUT2D eigenvalue weighted by Gasteiger charge is -2.30. The second-order valence-electron chi connectivity index (χ2n) is 11.8. The molecule has 4 aromatic carbocycles. The number of hydrogen-bond donors (Lipinski definition) is 3. The van der Waals surface area contributed by atoms with E-state index in [2.05, 4.69) is 133 Å². The lowest BCUT2D eigenvalue weighted by molar-refractivity contribution is -0.0686. The van der Waals surface area contributed by atoms with Crippen molar-refractivity contribution in [1.29, 1.82) is 5.41 Å². The van der Waals surface area contributed by atoms with Crippen LogP contribution in [-0.4, -0.2) is 42.5 Å². The summed E-state index contributed by atoms with van der Waals surface area (Å²) in [6.07, 6.45) is 6.09. The number of nitrogens with zero attached hydrogens (tertiary/aromatic N) is 1. The molecule has 3 N–H and O–H groups in total. The molecule has 5 heteroatoms. The summed E-state index contributed by atoms with van der Waals surface area (Å²) >= 11 is 0. The largest absolute Gasteiger partial charge is 0.305 e. The molecule has 1 fully saturated rings. The quantitative estimate of drug-likeness (QED) is 0.0565. The molecule has 2 unspecified atom stereocenters. The van der Waals surface area contributed by atoms with E-state index in [-0.39, 0.29) is 18.3 Å². The minimum absolute atomic E-state index is 0.153. The average molecular weight is 591 g/mol. The molecule has 0 bridgehead atoms. The number of nitrogens with one attached hydrogen (secondary N) is 3. The van der Waals surface area contributed by atoms with Gasteiger partial charge in [0.15, 0.2) is 0 Å². The van der Waals surface area contributed by atoms with Crippen molar-refractivity contribution in [2.75, 3.05) is 19.6 Å². The number of hydrogen-bond acceptors (Lipinski definition) is 5. The first-order valence-corrected chi connectivity index (χ1v) is 16.1. The standard InChI is InChI=1S/C37H46N4O.C2H4/c1-3-11-36(34-21-20-32-14-7-8-15-33(32)26-34)39-37(25-29-12-5-4-6-13-29)42-40-35(27-41-22-9-10-23-41)24-30-16-18-31(19-17-30)28(2)38;1-2/h4-8,12-21,26,35-40H,3,9-11,22-25,27H2,1-2H3;1-2H2/t35-,36?,37?;/m1./s1. The Hall–Kier alpha value is -3.61. The Morgan fingerprint density at radius 1 is 0.841 bits per heavy atom. The van der Waals surface area contributed by atoms with Gasteiger partial charge in [0, 0.05) is 30.8 Å². The highest BCUT2D eigenvalue weighted by Crippen LogP contribution is 2.25. The number of hydroxylamine groups is 1. The van der Waals surface area contributed by atoms with E-state index in [1.807, 2.05) is 6.92 Å². The van der Waals surface area contributed by atoms with Gasteiger partial charge in [-0.1, -0.05) is 104 Å². The lowest BCUT2D eigenvalue weighted by atomic mass is 9.98. The topological polar surface area (TPSA) is 60.4 Å². The Morgan fingerprint density at radius 3 is 2.18 bits per heavy atom. The van der Waals surface area contributed by atoms with Crippen LogP contribution in [0.5, 0.6) is 0 Å². The first-order valence-electron chi connectivity index (χ1n) is 16.1. The predicted octanol–water partition coefficient (Wildman–Crippen LogP) is 8.26. The van der Waals surface area contributed by atoms with Crippen molar-refractivity contribution < 1.29 is 4.84 Å². The van der Waals surface area contributed by atoms with Gasteiger partial charge in [-0.2, -0.15) is 5.48 Å². The van der Waals surface area contributed by atoms with E-state index < -0.39 is 0 Å². The molecule has 232 valence electrons. The Balaban J connectivity index is 0.00000216. The molecule has 0 radical (unpaired) electrons. The summed E-state index contributed by atoms with van der Waals surface area (Å²) in [5.74, 6) is 0. The van der Waals surface area contributed by atoms with Crippen LogP contribution in [0.15, 0.2) is 110 Å². The SMILES string of the molecule is C=C.CCCC(NC(Cc1ccccc1)ON[C@H](Cc1ccc(C(C)=N)cc1)CN1CCCC1)c1ccc2ccccc2c1. The summed E-state index contributed by atoms with van der Waals surface area (Å²) in [6.45, 7) is 13.3. The molecule has 5 nitrogen and oxygen atoms in total. The minimum atomic E-state index is -0.195. The molecule has 1 heterocycles. The normalized spacial score (nSPS) is 15.3. The van der Waals surface area contributed by atoms with Gasteiger partial charge in [0.2, 0.25) is 0 Å². The van der Waals surface area contributed by atoms with Crippen LogP contribution in [0.25, 0.3) is 10.8 Å². The van der Waals surface area contributed by atoms with E-state index in [9.17, 15) is 0 Å². The number of rotatable bonds is 15. The second kappa shape index (κ2) is 17.6. The molecule has 5 rings (SSSR count). The third-order valence-electron chi connectivity index (χ3n) is 8.33. The van der Waals surface area contributed by atoms with Crippen LogP contribution in [0.2, 0.25) is 0 Å². The number of benzene rings is 4. The Labute approximate surface area is 264 Å². The van der Waals surface area contributed by atoms with E-state index in [1.54, 1.807) is 0 Å². The van der Waals surface area contributed by atoms with E-state index >= 15 is 0 Å². The lowest BCUT2D eigenvalue weighted by Crippen LogP contribution is -2.47. The Morgan fingerprint density at radius 2 is 1.50 bits per heavy atom. The molecule has 4 aromatic rings. The van der Waals surface area contributed by atoms with Crippen LogP contribution in [0, 0.1) is 5.41 Å². The molecule has 0 saturated carbocycles. The highest BCUT2D eigenvalue weighted by Gasteiger charge is 2.22. The van der Waals surface area contributed by atoms with Gasteiger partial charge in [-0.05, 0) is 84.8 Å². The van der Waals surface area contributed by atoms with E-state index in [1.165, 1.54) is 40.3 Å². The maximum absolute atomic E-state index is 7.94. The molecule has 3 atom stereocenters. The summed E-state index contributed by atoms with van der Waals surface area (Å²) in [5, 5.41) is 14.4. The Kier molecular flexibility index (Phi) is 13.3. The summed E-state index contributed by atoms with van der Waals surface area (Å²) in [4.78, 5) is 9.16. The van der Waals surface area contributed by atoms with Crippen LogP contribution in [0.4, 0.5) is 0 Å². The smallest absolute Gasteiger partial charge is 0.134 e. The predicted molar refractivity (Wildman–Crippen MR) is 186 cm³/mol. The van der Waals surface area contributed by atoms with Crippen molar-refractivity contribution in [3.63, 3.8) is 0 Å². The highest BCUT2D eigenvalue weighted by atomic mass is 16.7. The van der Waals surface area contributed by atoms with Gasteiger partial charge in [0.1, 0.15) is 6.23 Å². The van der Waals surface area contributed by atoms with Gasteiger partial charge in [0.25, 0.3) is 0 Å². The first-order chi connectivity index (χ1) is 21.6. The summed E-state index contributed by atoms with van der Waals surface area (Å²) < 4.78 is 0. The van der Waals surface area contributed by atoms with Crippen LogP contribution in [-0.2, 0) is 17.7 Å². The van der Waals surface area contributed by atoms with E-state index in [4.69, 9.17) is 10.2 Å². The van der Waals surface area contributed by atoms with Gasteiger partial charge < -0.3 is 10.3 Å². The number of likely N-dealkylation sites (tertiary alicyclic amines) is 1. The average Bonchev–Trinajstić information content (AvgIpc) is 3.58. The van der Waals surface area contributed by atoms with Crippen molar-refractivity contribution in [2.24, 2.45) is 0 Å². The molecule has 44 heavy (non-hydrogen) atoms. The molecule has 0 aromatic heterocycles. The zero-order valence-corrected chi connectivity index (χ0v) is 26.6. The summed E-state index contributed by atoms with van der Waals surface area (Å²) in [6, 6.07) is 34.8. The fraction of sp³-hybridized carbons (Fsp3) is 0.359. The van der Waals surface area contributed by atoms with Crippen LogP contribution in [0.3, 0.4) is 0 Å². The molecule has 0 spiro atoms. The number of fused-ring (bicyclic) bond motifs is 1. The minimum Gasteiger partial charge on any atom is -0.305 e. The highest BCUT2D eigenvalue weighted by molar-refractivity contribution is 5.96. The van der Waals surface area contributed by atoms with Crippen molar-refractivity contribution in [1.82, 2.24) is 15.7 Å².